The van der Waals surface area contributed by atoms with Gasteiger partial charge in [0.1, 0.15) is 23.9 Å². The van der Waals surface area contributed by atoms with E-state index in [1.54, 1.807) is 25.1 Å². The molecule has 0 aliphatic rings. The highest BCUT2D eigenvalue weighted by molar-refractivity contribution is 7.92. The van der Waals surface area contributed by atoms with Crippen molar-refractivity contribution in [3.05, 3.63) is 58.9 Å². The van der Waals surface area contributed by atoms with E-state index in [4.69, 9.17) is 16.3 Å². The molecular weight excluding hydrogens is 329 g/mol. The van der Waals surface area contributed by atoms with E-state index < -0.39 is 10.0 Å². The molecule has 0 spiro atoms. The Kier molecular flexibility index (Phi) is 5.26. The third-order valence-corrected chi connectivity index (χ3v) is 4.61. The second-order valence-electron chi connectivity index (χ2n) is 4.64. The van der Waals surface area contributed by atoms with E-state index >= 15 is 0 Å². The van der Waals surface area contributed by atoms with Gasteiger partial charge >= 0.3 is 0 Å². The van der Waals surface area contributed by atoms with Crippen molar-refractivity contribution in [2.75, 3.05) is 17.1 Å². The number of nitrogens with one attached hydrogen (secondary N) is 1. The summed E-state index contributed by atoms with van der Waals surface area (Å²) in [6, 6.07) is 10.4. The minimum atomic E-state index is -3.56. The molecule has 2 aromatic carbocycles. The summed E-state index contributed by atoms with van der Waals surface area (Å²) in [6.45, 7) is 1.69. The fourth-order valence-corrected chi connectivity index (χ4v) is 2.87. The highest BCUT2D eigenvalue weighted by atomic mass is 35.5. The standard InChI is InChI=1S/C15H15ClFNO3S/c1-11-14(16)3-2-4-15(11)18-22(19,20)10-9-21-13-7-5-12(17)6-8-13/h2-8,18H,9-10H2,1H3. The lowest BCUT2D eigenvalue weighted by Crippen LogP contribution is -2.21. The quantitative estimate of drug-likeness (QED) is 0.871. The van der Waals surface area contributed by atoms with Crippen LogP contribution in [-0.4, -0.2) is 20.8 Å². The Morgan fingerprint density at radius 1 is 1.18 bits per heavy atom. The Morgan fingerprint density at radius 2 is 1.86 bits per heavy atom. The first-order valence-electron chi connectivity index (χ1n) is 6.51. The van der Waals surface area contributed by atoms with Crippen molar-refractivity contribution in [3.63, 3.8) is 0 Å². The lowest BCUT2D eigenvalue weighted by atomic mass is 10.2. The van der Waals surface area contributed by atoms with Crippen LogP contribution >= 0.6 is 11.6 Å². The van der Waals surface area contributed by atoms with Gasteiger partial charge in [-0.25, -0.2) is 12.8 Å². The number of anilines is 1. The average Bonchev–Trinajstić information content (AvgIpc) is 2.46. The number of benzene rings is 2. The molecule has 0 fully saturated rings. The Labute approximate surface area is 133 Å². The van der Waals surface area contributed by atoms with Crippen LogP contribution in [0.2, 0.25) is 5.02 Å². The van der Waals surface area contributed by atoms with Gasteiger partial charge in [-0.2, -0.15) is 0 Å². The Morgan fingerprint density at radius 3 is 2.55 bits per heavy atom. The summed E-state index contributed by atoms with van der Waals surface area (Å²) in [5.74, 6) is -0.190. The first kappa shape index (κ1) is 16.6. The van der Waals surface area contributed by atoms with Gasteiger partial charge in [0.25, 0.3) is 0 Å². The molecule has 2 aromatic rings. The molecule has 0 atom stereocenters. The number of hydrogen-bond donors (Lipinski definition) is 1. The van der Waals surface area contributed by atoms with E-state index in [0.29, 0.717) is 22.0 Å². The molecule has 2 rings (SSSR count). The molecule has 0 unspecified atom stereocenters. The smallest absolute Gasteiger partial charge is 0.236 e. The van der Waals surface area contributed by atoms with E-state index in [0.717, 1.165) is 0 Å². The predicted molar refractivity (Wildman–Crippen MR) is 85.5 cm³/mol. The van der Waals surface area contributed by atoms with Gasteiger partial charge < -0.3 is 4.74 Å². The third kappa shape index (κ3) is 4.61. The average molecular weight is 344 g/mol. The molecule has 0 aromatic heterocycles. The van der Waals surface area contributed by atoms with Crippen LogP contribution in [0.1, 0.15) is 5.56 Å². The van der Waals surface area contributed by atoms with Crippen LogP contribution in [-0.2, 0) is 10.0 Å². The molecule has 22 heavy (non-hydrogen) atoms. The van der Waals surface area contributed by atoms with Crippen LogP contribution < -0.4 is 9.46 Å². The summed E-state index contributed by atoms with van der Waals surface area (Å²) < 4.78 is 44.5. The molecule has 1 N–H and O–H groups in total. The molecular formula is C15H15ClFNO3S. The van der Waals surface area contributed by atoms with Gasteiger partial charge in [-0.15, -0.1) is 0 Å². The molecule has 0 aliphatic carbocycles. The first-order chi connectivity index (χ1) is 10.4. The van der Waals surface area contributed by atoms with Crippen LogP contribution in [0.5, 0.6) is 5.75 Å². The second kappa shape index (κ2) is 6.98. The zero-order chi connectivity index (χ0) is 16.2. The van der Waals surface area contributed by atoms with Crippen molar-refractivity contribution in [2.24, 2.45) is 0 Å². The zero-order valence-electron chi connectivity index (χ0n) is 11.8. The van der Waals surface area contributed by atoms with Gasteiger partial charge in [-0.1, -0.05) is 17.7 Å². The normalized spacial score (nSPS) is 11.2. The van der Waals surface area contributed by atoms with E-state index in [2.05, 4.69) is 4.72 Å². The summed E-state index contributed by atoms with van der Waals surface area (Å²) in [4.78, 5) is 0. The number of sulfonamides is 1. The van der Waals surface area contributed by atoms with Gasteiger partial charge in [0.05, 0.1) is 5.69 Å². The molecule has 0 saturated heterocycles. The van der Waals surface area contributed by atoms with Gasteiger partial charge in [0.15, 0.2) is 0 Å². The highest BCUT2D eigenvalue weighted by Crippen LogP contribution is 2.23. The van der Waals surface area contributed by atoms with Gasteiger partial charge in [0.2, 0.25) is 10.0 Å². The first-order valence-corrected chi connectivity index (χ1v) is 8.54. The number of hydrogen-bond acceptors (Lipinski definition) is 3. The SMILES string of the molecule is Cc1c(Cl)cccc1NS(=O)(=O)CCOc1ccc(F)cc1. The Bertz CT molecular complexity index is 748. The number of rotatable bonds is 6. The maximum absolute atomic E-state index is 12.7. The Balaban J connectivity index is 1.94. The van der Waals surface area contributed by atoms with Crippen molar-refractivity contribution >= 4 is 27.3 Å². The topological polar surface area (TPSA) is 55.4 Å². The number of ether oxygens (including phenoxy) is 1. The monoisotopic (exact) mass is 343 g/mol. The van der Waals surface area contributed by atoms with E-state index in [9.17, 15) is 12.8 Å². The second-order valence-corrected chi connectivity index (χ2v) is 6.88. The molecule has 0 aliphatic heterocycles. The van der Waals surface area contributed by atoms with Crippen LogP contribution in [0.25, 0.3) is 0 Å². The summed E-state index contributed by atoms with van der Waals surface area (Å²) in [6.07, 6.45) is 0. The molecule has 0 saturated carbocycles. The summed E-state index contributed by atoms with van der Waals surface area (Å²) in [5.41, 5.74) is 1.10. The van der Waals surface area contributed by atoms with Crippen molar-refractivity contribution in [1.82, 2.24) is 0 Å². The molecule has 118 valence electrons. The predicted octanol–water partition coefficient (Wildman–Crippen LogP) is 3.61. The van der Waals surface area contributed by atoms with Gasteiger partial charge in [0, 0.05) is 5.02 Å². The zero-order valence-corrected chi connectivity index (χ0v) is 13.4. The molecule has 0 radical (unpaired) electrons. The summed E-state index contributed by atoms with van der Waals surface area (Å²) in [5, 5.41) is 0.489. The van der Waals surface area contributed by atoms with E-state index in [1.165, 1.54) is 24.3 Å². The highest BCUT2D eigenvalue weighted by Gasteiger charge is 2.13. The van der Waals surface area contributed by atoms with Gasteiger partial charge in [-0.3, -0.25) is 4.72 Å². The Hall–Kier alpha value is -1.79. The van der Waals surface area contributed by atoms with Crippen LogP contribution in [0.3, 0.4) is 0 Å². The molecule has 0 bridgehead atoms. The molecule has 0 heterocycles. The van der Waals surface area contributed by atoms with Crippen molar-refractivity contribution in [1.29, 1.82) is 0 Å². The lowest BCUT2D eigenvalue weighted by molar-refractivity contribution is 0.340. The molecule has 4 nitrogen and oxygen atoms in total. The fourth-order valence-electron chi connectivity index (χ4n) is 1.74. The van der Waals surface area contributed by atoms with E-state index in [1.807, 2.05) is 0 Å². The fraction of sp³-hybridized carbons (Fsp3) is 0.200. The lowest BCUT2D eigenvalue weighted by Gasteiger charge is -2.12. The summed E-state index contributed by atoms with van der Waals surface area (Å²) in [7, 11) is -3.56. The minimum Gasteiger partial charge on any atom is -0.492 e. The van der Waals surface area contributed by atoms with Crippen molar-refractivity contribution in [3.8, 4) is 5.75 Å². The van der Waals surface area contributed by atoms with Crippen molar-refractivity contribution < 1.29 is 17.5 Å². The molecule has 0 amide bonds. The molecule has 7 heteroatoms. The third-order valence-electron chi connectivity index (χ3n) is 2.97. The maximum atomic E-state index is 12.7. The largest absolute Gasteiger partial charge is 0.492 e. The van der Waals surface area contributed by atoms with E-state index in [-0.39, 0.29) is 18.2 Å². The van der Waals surface area contributed by atoms with Gasteiger partial charge in [-0.05, 0) is 48.9 Å². The van der Waals surface area contributed by atoms with Crippen LogP contribution in [0.15, 0.2) is 42.5 Å². The van der Waals surface area contributed by atoms with Crippen LogP contribution in [0, 0.1) is 12.7 Å². The summed E-state index contributed by atoms with van der Waals surface area (Å²) >= 11 is 5.95. The van der Waals surface area contributed by atoms with Crippen LogP contribution in [0.4, 0.5) is 10.1 Å². The maximum Gasteiger partial charge on any atom is 0.236 e. The van der Waals surface area contributed by atoms with Crippen molar-refractivity contribution in [2.45, 2.75) is 6.92 Å². The minimum absolute atomic E-state index is 0.0411. The number of halogens is 2.